The van der Waals surface area contributed by atoms with Crippen molar-refractivity contribution in [3.05, 3.63) is 90.3 Å². The Kier molecular flexibility index (Phi) is 29.0. The van der Waals surface area contributed by atoms with Crippen LogP contribution in [-0.2, 0) is 81.6 Å². The van der Waals surface area contributed by atoms with E-state index < -0.39 is 169 Å². The molecular weight excluding hydrogens is 1260 g/mol. The number of imidazole rings is 1. The fourth-order valence-corrected chi connectivity index (χ4v) is 10.0. The standard InChI is InChI=1S/C60H83N19O15S/c1-29(2)49(79-50(84)30(3)61)58(92)78-43(21-33-25-68-38-13-8-6-11-36(33)38)55(89)73-40(15-16-46(62)80)54(88)77-45(23-48(82)83)57(91)76-42(20-32-24-67-37-12-7-5-10-35(32)37)52(86)69-27-47(81)71-31(4)51(85)75-44(22-34-26-65-28-70-34)56(90)72-39(14-9-18-66-60(63)64)53(87)74-41(17-19-95)59(93)94/h5-8,10-13,24-26,28-31,39-45,49,67-68,95H,9,14-23,27,61H2,1-4H3,(H2,62,80)(H,65,70)(H,69,86)(H,71,81)(H,72,90)(H,73,89)(H,74,87)(H,75,85)(H,76,91)(H,77,88)(H,78,92)(H,79,84)(H,82,83)(H,93,94)(H4,63,64,66)/t30-,31-,39-,40-,41-,42-,43-,44-,45-,49-/m0/s1. The molecular formula is C60H83N19O15S. The fraction of sp³-hybridized carbons (Fsp3) is 0.450. The molecule has 514 valence electrons. The van der Waals surface area contributed by atoms with Gasteiger partial charge in [-0.25, -0.2) is 9.78 Å². The van der Waals surface area contributed by atoms with Gasteiger partial charge in [-0.15, -0.1) is 0 Å². The van der Waals surface area contributed by atoms with Crippen LogP contribution in [0.15, 0.2) is 78.4 Å². The van der Waals surface area contributed by atoms with Crippen molar-refractivity contribution < 1.29 is 72.5 Å². The Morgan fingerprint density at radius 2 is 1.05 bits per heavy atom. The zero-order valence-electron chi connectivity index (χ0n) is 52.6. The lowest BCUT2D eigenvalue weighted by molar-refractivity contribution is -0.142. The van der Waals surface area contributed by atoms with Crippen LogP contribution < -0.4 is 76.1 Å². The maximum atomic E-state index is 14.5. The summed E-state index contributed by atoms with van der Waals surface area (Å²) in [6.07, 6.45) is 2.97. The third-order valence-corrected chi connectivity index (χ3v) is 15.1. The molecule has 10 atom stereocenters. The number of primary amides is 1. The molecule has 11 amide bonds. The predicted octanol–water partition coefficient (Wildman–Crippen LogP) is -3.90. The third kappa shape index (κ3) is 23.8. The van der Waals surface area contributed by atoms with Gasteiger partial charge in [0, 0.05) is 78.3 Å². The number of hydrogen-bond donors (Lipinski definition) is 20. The highest BCUT2D eigenvalue weighted by molar-refractivity contribution is 7.80. The maximum absolute atomic E-state index is 14.5. The number of carbonyl (C=O) groups is 13. The Morgan fingerprint density at radius 3 is 1.57 bits per heavy atom. The Balaban J connectivity index is 1.34. The molecule has 0 radical (unpaired) electrons. The summed E-state index contributed by atoms with van der Waals surface area (Å²) in [6.45, 7) is 5.16. The quantitative estimate of drug-likeness (QED) is 0.00774. The molecule has 2 aromatic carbocycles. The van der Waals surface area contributed by atoms with Crippen LogP contribution in [0, 0.1) is 5.92 Å². The molecule has 0 unspecified atom stereocenters. The van der Waals surface area contributed by atoms with Crippen molar-refractivity contribution in [3.63, 3.8) is 0 Å². The lowest BCUT2D eigenvalue weighted by atomic mass is 10.00. The molecule has 95 heavy (non-hydrogen) atoms. The molecule has 0 aliphatic heterocycles. The molecule has 5 rings (SSSR count). The highest BCUT2D eigenvalue weighted by Gasteiger charge is 2.36. The van der Waals surface area contributed by atoms with Gasteiger partial charge < -0.3 is 101 Å². The van der Waals surface area contributed by atoms with E-state index in [1.54, 1.807) is 74.8 Å². The molecule has 0 aliphatic rings. The van der Waals surface area contributed by atoms with Crippen LogP contribution in [0.4, 0.5) is 0 Å². The van der Waals surface area contributed by atoms with Gasteiger partial charge in [0.2, 0.25) is 65.0 Å². The first kappa shape index (κ1) is 75.1. The number of carbonyl (C=O) groups excluding carboxylic acids is 11. The van der Waals surface area contributed by atoms with Crippen molar-refractivity contribution >= 4 is 117 Å². The first-order valence-electron chi connectivity index (χ1n) is 30.3. The minimum absolute atomic E-state index is 0.0361. The van der Waals surface area contributed by atoms with Gasteiger partial charge >= 0.3 is 11.9 Å². The predicted molar refractivity (Wildman–Crippen MR) is 348 cm³/mol. The van der Waals surface area contributed by atoms with Gasteiger partial charge in [0.05, 0.1) is 25.3 Å². The lowest BCUT2D eigenvalue weighted by Crippen LogP contribution is -2.60. The lowest BCUT2D eigenvalue weighted by Gasteiger charge is -2.28. The van der Waals surface area contributed by atoms with E-state index in [-0.39, 0.29) is 56.8 Å². The summed E-state index contributed by atoms with van der Waals surface area (Å²) < 4.78 is 0. The number of H-pyrrole nitrogens is 3. The second kappa shape index (κ2) is 36.6. The van der Waals surface area contributed by atoms with Crippen molar-refractivity contribution in [1.29, 1.82) is 0 Å². The number of fused-ring (bicyclic) bond motifs is 2. The molecule has 0 fully saturated rings. The molecule has 23 N–H and O–H groups in total. The largest absolute Gasteiger partial charge is 0.481 e. The summed E-state index contributed by atoms with van der Waals surface area (Å²) in [6, 6.07) is -0.710. The zero-order chi connectivity index (χ0) is 70.1. The number of aromatic amines is 3. The number of aromatic nitrogens is 4. The summed E-state index contributed by atoms with van der Waals surface area (Å²) in [5.41, 5.74) is 24.8. The minimum atomic E-state index is -2.00. The Bertz CT molecular complexity index is 3570. The average molecular weight is 1340 g/mol. The number of aliphatic carboxylic acids is 2. The summed E-state index contributed by atoms with van der Waals surface area (Å²) in [7, 11) is 0. The van der Waals surface area contributed by atoms with E-state index in [2.05, 4.69) is 90.7 Å². The minimum Gasteiger partial charge on any atom is -0.481 e. The highest BCUT2D eigenvalue weighted by atomic mass is 32.1. The van der Waals surface area contributed by atoms with Crippen LogP contribution in [0.2, 0.25) is 0 Å². The topological polar surface area (TPSA) is 559 Å². The number of guanidine groups is 1. The number of amides is 11. The van der Waals surface area contributed by atoms with Gasteiger partial charge in [0.25, 0.3) is 0 Å². The zero-order valence-corrected chi connectivity index (χ0v) is 53.5. The van der Waals surface area contributed by atoms with E-state index in [1.165, 1.54) is 26.4 Å². The Labute approximate surface area is 549 Å². The molecule has 3 heterocycles. The fourth-order valence-electron chi connectivity index (χ4n) is 9.77. The summed E-state index contributed by atoms with van der Waals surface area (Å²) in [4.78, 5) is 192. The van der Waals surface area contributed by atoms with Crippen molar-refractivity contribution in [3.8, 4) is 0 Å². The number of aliphatic imine (C=N–C) groups is 1. The number of carboxylic acid groups (broad SMARTS) is 2. The number of benzene rings is 2. The highest BCUT2D eigenvalue weighted by Crippen LogP contribution is 2.22. The van der Waals surface area contributed by atoms with E-state index in [4.69, 9.17) is 22.9 Å². The third-order valence-electron chi connectivity index (χ3n) is 14.9. The van der Waals surface area contributed by atoms with Crippen molar-refractivity contribution in [2.75, 3.05) is 18.8 Å². The first-order chi connectivity index (χ1) is 45.0. The van der Waals surface area contributed by atoms with E-state index in [0.717, 1.165) is 0 Å². The second-order valence-electron chi connectivity index (χ2n) is 22.8. The molecule has 0 aliphatic carbocycles. The van der Waals surface area contributed by atoms with Crippen LogP contribution >= 0.6 is 12.6 Å². The Morgan fingerprint density at radius 1 is 0.558 bits per heavy atom. The number of carboxylic acids is 2. The molecule has 0 bridgehead atoms. The summed E-state index contributed by atoms with van der Waals surface area (Å²) >= 11 is 4.06. The van der Waals surface area contributed by atoms with E-state index in [0.29, 0.717) is 38.6 Å². The van der Waals surface area contributed by atoms with E-state index >= 15 is 0 Å². The molecule has 3 aromatic heterocycles. The number of rotatable bonds is 39. The molecule has 35 heteroatoms. The number of para-hydroxylation sites is 2. The van der Waals surface area contributed by atoms with Crippen molar-refractivity contribution in [2.45, 2.75) is 146 Å². The van der Waals surface area contributed by atoms with Gasteiger partial charge in [0.15, 0.2) is 5.96 Å². The van der Waals surface area contributed by atoms with Gasteiger partial charge in [-0.2, -0.15) is 12.6 Å². The molecule has 0 saturated heterocycles. The smallest absolute Gasteiger partial charge is 0.326 e. The normalized spacial score (nSPS) is 14.3. The van der Waals surface area contributed by atoms with Gasteiger partial charge in [-0.05, 0) is 74.5 Å². The average Bonchev–Trinajstić information content (AvgIpc) is 1.77. The second-order valence-corrected chi connectivity index (χ2v) is 23.2. The number of nitrogens with two attached hydrogens (primary N) is 4. The van der Waals surface area contributed by atoms with Crippen molar-refractivity contribution in [2.24, 2.45) is 33.8 Å². The Hall–Kier alpha value is -10.6. The SMILES string of the molecule is CC(C)[C@H](NC(=O)[C@H](C)N)C(=O)N[C@@H](Cc1c[nH]c2ccccc12)C(=O)N[C@@H](CCC(N)=O)C(=O)N[C@@H](CC(=O)O)C(=O)N[C@@H](Cc1c[nH]c2ccccc12)C(=O)NCC(=O)N[C@@H](C)C(=O)N[C@@H](Cc1cnc[nH]1)C(=O)N[C@@H](CCCN=C(N)N)C(=O)N[C@@H](CCS)C(=O)O. The van der Waals surface area contributed by atoms with E-state index in [1.807, 2.05) is 0 Å². The number of nitrogens with zero attached hydrogens (tertiary/aromatic N) is 2. The molecule has 5 aromatic rings. The molecule has 0 spiro atoms. The summed E-state index contributed by atoms with van der Waals surface area (Å²) in [5, 5.41) is 45.8. The van der Waals surface area contributed by atoms with Gasteiger partial charge in [0.1, 0.15) is 54.4 Å². The number of thiol groups is 1. The van der Waals surface area contributed by atoms with E-state index in [9.17, 15) is 72.5 Å². The monoisotopic (exact) mass is 1340 g/mol. The summed E-state index contributed by atoms with van der Waals surface area (Å²) in [5.74, 6) is -14.1. The van der Waals surface area contributed by atoms with Crippen molar-refractivity contribution in [1.82, 2.24) is 73.1 Å². The van der Waals surface area contributed by atoms with Crippen LogP contribution in [0.5, 0.6) is 0 Å². The van der Waals surface area contributed by atoms with Crippen LogP contribution in [0.1, 0.15) is 83.0 Å². The number of hydrogen-bond acceptors (Lipinski definition) is 17. The van der Waals surface area contributed by atoms with Crippen LogP contribution in [-0.4, -0.2) is 192 Å². The van der Waals surface area contributed by atoms with Crippen LogP contribution in [0.3, 0.4) is 0 Å². The first-order valence-corrected chi connectivity index (χ1v) is 30.9. The van der Waals surface area contributed by atoms with Crippen LogP contribution in [0.25, 0.3) is 21.8 Å². The maximum Gasteiger partial charge on any atom is 0.326 e. The number of nitrogens with one attached hydrogen (secondary N) is 13. The van der Waals surface area contributed by atoms with Gasteiger partial charge in [-0.1, -0.05) is 50.2 Å². The van der Waals surface area contributed by atoms with Gasteiger partial charge in [-0.3, -0.25) is 62.5 Å². The molecule has 0 saturated carbocycles. The molecule has 34 nitrogen and oxygen atoms in total.